The minimum Gasteiger partial charge on any atom is -0.332 e. The molecule has 1 heterocycles. The van der Waals surface area contributed by atoms with E-state index in [9.17, 15) is 12.8 Å². The zero-order valence-electron chi connectivity index (χ0n) is 18.1. The Labute approximate surface area is 203 Å². The highest BCUT2D eigenvalue weighted by atomic mass is 35.5. The van der Waals surface area contributed by atoms with Gasteiger partial charge in [-0.2, -0.15) is 0 Å². The Hall–Kier alpha value is -2.68. The lowest BCUT2D eigenvalue weighted by atomic mass is 9.99. The van der Waals surface area contributed by atoms with Crippen LogP contribution in [0, 0.1) is 12.7 Å². The first-order valence-electron chi connectivity index (χ1n) is 10.4. The molecule has 0 aliphatic carbocycles. The van der Waals surface area contributed by atoms with E-state index in [2.05, 4.69) is 10.6 Å². The van der Waals surface area contributed by atoms with Crippen molar-refractivity contribution in [3.05, 3.63) is 82.6 Å². The summed E-state index contributed by atoms with van der Waals surface area (Å²) in [6.07, 6.45) is 1.26. The number of aryl methyl sites for hydroxylation is 2. The molecule has 5 nitrogen and oxygen atoms in total. The molecule has 0 aromatic heterocycles. The second-order valence-electron chi connectivity index (χ2n) is 8.03. The van der Waals surface area contributed by atoms with Gasteiger partial charge in [0.1, 0.15) is 5.82 Å². The molecule has 3 aromatic carbocycles. The van der Waals surface area contributed by atoms with Gasteiger partial charge in [-0.3, -0.25) is 4.31 Å². The molecule has 1 atom stereocenters. The summed E-state index contributed by atoms with van der Waals surface area (Å²) in [6.45, 7) is 3.78. The zero-order valence-corrected chi connectivity index (χ0v) is 20.5. The van der Waals surface area contributed by atoms with E-state index in [0.29, 0.717) is 39.9 Å². The van der Waals surface area contributed by atoms with Crippen LogP contribution in [0.3, 0.4) is 0 Å². The Balaban J connectivity index is 1.52. The third kappa shape index (κ3) is 4.98. The SMILES string of the molecule is Cc1ccc(NC(=S)Nc2ccc(S(=O)(=O)N3c4ccc(F)cc4CC[C@@H]3C)cc2)cc1Cl. The van der Waals surface area contributed by atoms with Crippen molar-refractivity contribution in [3.8, 4) is 0 Å². The monoisotopic (exact) mass is 503 g/mol. The van der Waals surface area contributed by atoms with Crippen LogP contribution in [0.25, 0.3) is 0 Å². The third-order valence-corrected chi connectivity index (χ3v) is 8.16. The van der Waals surface area contributed by atoms with E-state index in [1.807, 2.05) is 26.0 Å². The van der Waals surface area contributed by atoms with Gasteiger partial charge in [-0.25, -0.2) is 12.8 Å². The number of benzene rings is 3. The van der Waals surface area contributed by atoms with Crippen molar-refractivity contribution in [2.45, 2.75) is 37.6 Å². The zero-order chi connectivity index (χ0) is 23.8. The van der Waals surface area contributed by atoms with Crippen LogP contribution in [0.1, 0.15) is 24.5 Å². The molecule has 0 spiro atoms. The number of sulfonamides is 1. The lowest BCUT2D eigenvalue weighted by molar-refractivity contribution is 0.560. The Morgan fingerprint density at radius 1 is 1.06 bits per heavy atom. The molecule has 0 saturated heterocycles. The highest BCUT2D eigenvalue weighted by Crippen LogP contribution is 2.36. The van der Waals surface area contributed by atoms with Crippen LogP contribution in [0.15, 0.2) is 65.6 Å². The van der Waals surface area contributed by atoms with Gasteiger partial charge in [0.2, 0.25) is 0 Å². The van der Waals surface area contributed by atoms with Gasteiger partial charge in [-0.1, -0.05) is 17.7 Å². The molecule has 0 bridgehead atoms. The van der Waals surface area contributed by atoms with E-state index >= 15 is 0 Å². The fourth-order valence-electron chi connectivity index (χ4n) is 3.84. The lowest BCUT2D eigenvalue weighted by Gasteiger charge is -2.36. The standard InChI is InChI=1S/C24H23ClFN3O2S2/c1-15-3-7-20(14-22(15)25)28-24(32)27-19-8-10-21(11-9-19)33(30,31)29-16(2)4-5-17-13-18(26)6-12-23(17)29/h3,6-14,16H,4-5H2,1-2H3,(H2,27,28,32)/t16-/m0/s1. The molecular weight excluding hydrogens is 481 g/mol. The number of nitrogens with one attached hydrogen (secondary N) is 2. The smallest absolute Gasteiger partial charge is 0.264 e. The summed E-state index contributed by atoms with van der Waals surface area (Å²) in [5.74, 6) is -0.367. The quantitative estimate of drug-likeness (QED) is 0.419. The number of hydrogen-bond acceptors (Lipinski definition) is 3. The van der Waals surface area contributed by atoms with E-state index in [4.69, 9.17) is 23.8 Å². The van der Waals surface area contributed by atoms with Crippen LogP contribution >= 0.6 is 23.8 Å². The van der Waals surface area contributed by atoms with Crippen LogP contribution in [-0.2, 0) is 16.4 Å². The molecule has 1 aliphatic heterocycles. The maximum Gasteiger partial charge on any atom is 0.264 e. The van der Waals surface area contributed by atoms with Crippen LogP contribution in [-0.4, -0.2) is 19.6 Å². The van der Waals surface area contributed by atoms with Crippen LogP contribution in [0.2, 0.25) is 5.02 Å². The summed E-state index contributed by atoms with van der Waals surface area (Å²) >= 11 is 11.5. The molecule has 4 rings (SSSR count). The van der Waals surface area contributed by atoms with Gasteiger partial charge >= 0.3 is 0 Å². The third-order valence-electron chi connectivity index (χ3n) is 5.61. The number of fused-ring (bicyclic) bond motifs is 1. The van der Waals surface area contributed by atoms with Crippen molar-refractivity contribution in [3.63, 3.8) is 0 Å². The number of halogens is 2. The molecule has 33 heavy (non-hydrogen) atoms. The molecule has 0 fully saturated rings. The van der Waals surface area contributed by atoms with E-state index in [-0.39, 0.29) is 16.8 Å². The Morgan fingerprint density at radius 3 is 2.42 bits per heavy atom. The van der Waals surface area contributed by atoms with Crippen molar-refractivity contribution < 1.29 is 12.8 Å². The minimum atomic E-state index is -3.82. The summed E-state index contributed by atoms with van der Waals surface area (Å²) in [4.78, 5) is 0.154. The Kier molecular flexibility index (Phi) is 6.61. The molecule has 0 amide bonds. The molecule has 9 heteroatoms. The van der Waals surface area contributed by atoms with Gasteiger partial charge in [0.05, 0.1) is 10.6 Å². The minimum absolute atomic E-state index is 0.154. The predicted molar refractivity (Wildman–Crippen MR) is 136 cm³/mol. The van der Waals surface area contributed by atoms with Gasteiger partial charge in [0.25, 0.3) is 10.0 Å². The Bertz CT molecular complexity index is 1310. The van der Waals surface area contributed by atoms with Crippen molar-refractivity contribution in [1.82, 2.24) is 0 Å². The largest absolute Gasteiger partial charge is 0.332 e. The lowest BCUT2D eigenvalue weighted by Crippen LogP contribution is -2.42. The first-order valence-corrected chi connectivity index (χ1v) is 12.6. The summed E-state index contributed by atoms with van der Waals surface area (Å²) < 4.78 is 41.9. The van der Waals surface area contributed by atoms with Crippen molar-refractivity contribution in [2.24, 2.45) is 0 Å². The van der Waals surface area contributed by atoms with E-state index in [0.717, 1.165) is 11.3 Å². The van der Waals surface area contributed by atoms with Gasteiger partial charge in [-0.05, 0) is 105 Å². The fourth-order valence-corrected chi connectivity index (χ4v) is 5.98. The van der Waals surface area contributed by atoms with Crippen molar-refractivity contribution in [1.29, 1.82) is 0 Å². The van der Waals surface area contributed by atoms with Crippen molar-refractivity contribution in [2.75, 3.05) is 14.9 Å². The van der Waals surface area contributed by atoms with Crippen molar-refractivity contribution >= 4 is 56.0 Å². The molecule has 0 saturated carbocycles. The van der Waals surface area contributed by atoms with Crippen LogP contribution in [0.5, 0.6) is 0 Å². The number of anilines is 3. The highest BCUT2D eigenvalue weighted by molar-refractivity contribution is 7.92. The van der Waals surface area contributed by atoms with Gasteiger partial charge in [0.15, 0.2) is 5.11 Å². The van der Waals surface area contributed by atoms with E-state index in [1.54, 1.807) is 18.2 Å². The fraction of sp³-hybridized carbons (Fsp3) is 0.208. The molecule has 0 unspecified atom stereocenters. The average Bonchev–Trinajstić information content (AvgIpc) is 2.76. The summed E-state index contributed by atoms with van der Waals surface area (Å²) in [7, 11) is -3.82. The Morgan fingerprint density at radius 2 is 1.73 bits per heavy atom. The first kappa shape index (κ1) is 23.5. The van der Waals surface area contributed by atoms with Gasteiger partial charge < -0.3 is 10.6 Å². The summed E-state index contributed by atoms with van der Waals surface area (Å²) in [5.41, 5.74) is 3.58. The number of rotatable bonds is 4. The molecule has 1 aliphatic rings. The highest BCUT2D eigenvalue weighted by Gasteiger charge is 2.33. The predicted octanol–water partition coefficient (Wildman–Crippen LogP) is 6.13. The first-order chi connectivity index (χ1) is 15.6. The van der Waals surface area contributed by atoms with Gasteiger partial charge in [-0.15, -0.1) is 0 Å². The molecule has 2 N–H and O–H groups in total. The maximum atomic E-state index is 13.7. The van der Waals surface area contributed by atoms with Crippen LogP contribution < -0.4 is 14.9 Å². The van der Waals surface area contributed by atoms with E-state index in [1.165, 1.54) is 34.6 Å². The van der Waals surface area contributed by atoms with Gasteiger partial charge in [0, 0.05) is 22.4 Å². The second kappa shape index (κ2) is 9.29. The normalized spacial score (nSPS) is 15.6. The molecule has 3 aromatic rings. The average molecular weight is 504 g/mol. The maximum absolute atomic E-state index is 13.7. The molecule has 0 radical (unpaired) electrons. The summed E-state index contributed by atoms with van der Waals surface area (Å²) in [6, 6.07) is 15.9. The number of hydrogen-bond donors (Lipinski definition) is 2. The number of thiocarbonyl (C=S) groups is 1. The molecule has 172 valence electrons. The van der Waals surface area contributed by atoms with Crippen LogP contribution in [0.4, 0.5) is 21.5 Å². The molecular formula is C24H23ClFN3O2S2. The number of nitrogens with zero attached hydrogens (tertiary/aromatic N) is 1. The topological polar surface area (TPSA) is 61.4 Å². The van der Waals surface area contributed by atoms with E-state index < -0.39 is 10.0 Å². The second-order valence-corrected chi connectivity index (χ2v) is 10.7. The summed E-state index contributed by atoms with van der Waals surface area (Å²) in [5, 5.41) is 7.08.